The van der Waals surface area contributed by atoms with Gasteiger partial charge in [-0.1, -0.05) is 55.9 Å². The van der Waals surface area contributed by atoms with E-state index in [1.54, 1.807) is 6.92 Å². The zero-order chi connectivity index (χ0) is 25.0. The van der Waals surface area contributed by atoms with E-state index in [2.05, 4.69) is 15.3 Å². The Kier molecular flexibility index (Phi) is 8.03. The molecule has 0 aliphatic heterocycles. The SMILES string of the molecule is CC(=O)C(Cc1ccccc1)NC(=O)CSc1nc(C)nc2c1c(=O)n(C)c(=O)n2CC(C)C. The fraction of sp³-hybridized carbons (Fsp3) is 0.417. The molecule has 0 radical (unpaired) electrons. The maximum Gasteiger partial charge on any atom is 0.332 e. The highest BCUT2D eigenvalue weighted by atomic mass is 32.2. The average Bonchev–Trinajstić information content (AvgIpc) is 2.78. The van der Waals surface area contributed by atoms with Gasteiger partial charge in [0.25, 0.3) is 5.56 Å². The van der Waals surface area contributed by atoms with Gasteiger partial charge in [-0.2, -0.15) is 0 Å². The summed E-state index contributed by atoms with van der Waals surface area (Å²) in [5, 5.41) is 3.32. The number of carbonyl (C=O) groups excluding carboxylic acids is 2. The first kappa shape index (κ1) is 25.4. The van der Waals surface area contributed by atoms with E-state index < -0.39 is 17.3 Å². The Morgan fingerprint density at radius 2 is 1.79 bits per heavy atom. The van der Waals surface area contributed by atoms with Crippen molar-refractivity contribution in [3.63, 3.8) is 0 Å². The van der Waals surface area contributed by atoms with Crippen LogP contribution in [0.25, 0.3) is 11.0 Å². The fourth-order valence-electron chi connectivity index (χ4n) is 3.59. The zero-order valence-electron chi connectivity index (χ0n) is 20.0. The third-order valence-electron chi connectivity index (χ3n) is 5.26. The maximum atomic E-state index is 12.9. The summed E-state index contributed by atoms with van der Waals surface area (Å²) in [6, 6.07) is 8.81. The Labute approximate surface area is 201 Å². The van der Waals surface area contributed by atoms with Gasteiger partial charge in [-0.3, -0.25) is 23.5 Å². The monoisotopic (exact) mass is 483 g/mol. The van der Waals surface area contributed by atoms with Gasteiger partial charge >= 0.3 is 5.69 Å². The molecule has 0 spiro atoms. The Morgan fingerprint density at radius 3 is 2.41 bits per heavy atom. The van der Waals surface area contributed by atoms with Crippen molar-refractivity contribution in [3.05, 3.63) is 62.6 Å². The van der Waals surface area contributed by atoms with Crippen molar-refractivity contribution in [2.24, 2.45) is 13.0 Å². The first-order chi connectivity index (χ1) is 16.1. The van der Waals surface area contributed by atoms with E-state index in [0.717, 1.165) is 21.9 Å². The van der Waals surface area contributed by atoms with Crippen LogP contribution in [0.15, 0.2) is 44.9 Å². The number of benzene rings is 1. The maximum absolute atomic E-state index is 12.9. The lowest BCUT2D eigenvalue weighted by atomic mass is 10.0. The minimum Gasteiger partial charge on any atom is -0.345 e. The van der Waals surface area contributed by atoms with Crippen LogP contribution >= 0.6 is 11.8 Å². The molecule has 1 aromatic carbocycles. The first-order valence-corrected chi connectivity index (χ1v) is 12.0. The van der Waals surface area contributed by atoms with E-state index in [0.29, 0.717) is 23.8 Å². The van der Waals surface area contributed by atoms with Gasteiger partial charge < -0.3 is 5.32 Å². The van der Waals surface area contributed by atoms with E-state index in [1.807, 2.05) is 44.2 Å². The molecule has 3 aromatic rings. The molecule has 1 amide bonds. The predicted molar refractivity (Wildman–Crippen MR) is 132 cm³/mol. The highest BCUT2D eigenvalue weighted by Gasteiger charge is 2.21. The second-order valence-electron chi connectivity index (χ2n) is 8.63. The molecule has 0 fully saturated rings. The average molecular weight is 484 g/mol. The molecule has 1 atom stereocenters. The van der Waals surface area contributed by atoms with Gasteiger partial charge in [-0.05, 0) is 31.7 Å². The van der Waals surface area contributed by atoms with Gasteiger partial charge in [0.2, 0.25) is 5.91 Å². The van der Waals surface area contributed by atoms with E-state index in [1.165, 1.54) is 18.5 Å². The normalized spacial score (nSPS) is 12.2. The number of thioether (sulfide) groups is 1. The number of rotatable bonds is 9. The van der Waals surface area contributed by atoms with Crippen molar-refractivity contribution in [3.8, 4) is 0 Å². The molecule has 0 saturated carbocycles. The molecular weight excluding hydrogens is 454 g/mol. The Hall–Kier alpha value is -3.27. The van der Waals surface area contributed by atoms with E-state index in [4.69, 9.17) is 0 Å². The Bertz CT molecular complexity index is 1330. The molecular formula is C24H29N5O4S. The van der Waals surface area contributed by atoms with Crippen molar-refractivity contribution in [2.45, 2.75) is 51.7 Å². The summed E-state index contributed by atoms with van der Waals surface area (Å²) >= 11 is 1.09. The van der Waals surface area contributed by atoms with Crippen LogP contribution in [0.5, 0.6) is 0 Å². The number of Topliss-reactive ketones (excluding diaryl/α,β-unsaturated/α-hetero) is 1. The number of nitrogens with zero attached hydrogens (tertiary/aromatic N) is 4. The lowest BCUT2D eigenvalue weighted by Crippen LogP contribution is -2.42. The number of carbonyl (C=O) groups is 2. The van der Waals surface area contributed by atoms with E-state index in [-0.39, 0.29) is 34.4 Å². The molecule has 10 heteroatoms. The molecule has 2 heterocycles. The Morgan fingerprint density at radius 1 is 1.12 bits per heavy atom. The summed E-state index contributed by atoms with van der Waals surface area (Å²) in [6.07, 6.45) is 0.393. The number of amides is 1. The van der Waals surface area contributed by atoms with Gasteiger partial charge in [-0.25, -0.2) is 14.8 Å². The summed E-state index contributed by atoms with van der Waals surface area (Å²) < 4.78 is 2.52. The second kappa shape index (κ2) is 10.8. The number of fused-ring (bicyclic) bond motifs is 1. The molecule has 9 nitrogen and oxygen atoms in total. The number of nitrogens with one attached hydrogen (secondary N) is 1. The molecule has 0 bridgehead atoms. The van der Waals surface area contributed by atoms with E-state index >= 15 is 0 Å². The fourth-order valence-corrected chi connectivity index (χ4v) is 4.46. The summed E-state index contributed by atoms with van der Waals surface area (Å²) in [5.41, 5.74) is 0.263. The van der Waals surface area contributed by atoms with Gasteiger partial charge in [-0.15, -0.1) is 0 Å². The Balaban J connectivity index is 1.88. The van der Waals surface area contributed by atoms with Crippen LogP contribution in [0.4, 0.5) is 0 Å². The minimum atomic E-state index is -0.650. The lowest BCUT2D eigenvalue weighted by molar-refractivity contribution is -0.125. The molecule has 180 valence electrons. The van der Waals surface area contributed by atoms with Crippen LogP contribution in [-0.2, 0) is 29.6 Å². The van der Waals surface area contributed by atoms with Gasteiger partial charge in [0, 0.05) is 13.6 Å². The molecule has 2 aromatic heterocycles. The number of hydrogen-bond acceptors (Lipinski definition) is 7. The smallest absolute Gasteiger partial charge is 0.332 e. The molecule has 1 N–H and O–H groups in total. The summed E-state index contributed by atoms with van der Waals surface area (Å²) in [4.78, 5) is 59.2. The number of hydrogen-bond donors (Lipinski definition) is 1. The number of aryl methyl sites for hydroxylation is 1. The highest BCUT2D eigenvalue weighted by Crippen LogP contribution is 2.22. The molecule has 34 heavy (non-hydrogen) atoms. The van der Waals surface area contributed by atoms with Gasteiger partial charge in [0.1, 0.15) is 16.2 Å². The van der Waals surface area contributed by atoms with E-state index in [9.17, 15) is 19.2 Å². The minimum absolute atomic E-state index is 0.0451. The summed E-state index contributed by atoms with van der Waals surface area (Å²) in [6.45, 7) is 7.46. The standard InChI is InChI=1S/C24H29N5O4S/c1-14(2)12-29-21-20(23(32)28(5)24(29)33)22(26-16(4)25-21)34-13-19(31)27-18(15(3)30)11-17-9-7-6-8-10-17/h6-10,14,18H,11-13H2,1-5H3,(H,27,31). The highest BCUT2D eigenvalue weighted by molar-refractivity contribution is 8.00. The van der Waals surface area contributed by atoms with Crippen molar-refractivity contribution in [1.82, 2.24) is 24.4 Å². The van der Waals surface area contributed by atoms with Crippen LogP contribution in [0.1, 0.15) is 32.2 Å². The van der Waals surface area contributed by atoms with Crippen LogP contribution in [0.3, 0.4) is 0 Å². The molecule has 0 aliphatic rings. The first-order valence-electron chi connectivity index (χ1n) is 11.0. The van der Waals surface area contributed by atoms with Crippen molar-refractivity contribution in [1.29, 1.82) is 0 Å². The predicted octanol–water partition coefficient (Wildman–Crippen LogP) is 1.86. The zero-order valence-corrected chi connectivity index (χ0v) is 20.8. The van der Waals surface area contributed by atoms with Crippen molar-refractivity contribution in [2.75, 3.05) is 5.75 Å². The summed E-state index contributed by atoms with van der Waals surface area (Å²) in [7, 11) is 1.42. The number of aromatic nitrogens is 4. The van der Waals surface area contributed by atoms with Crippen molar-refractivity contribution >= 4 is 34.5 Å². The van der Waals surface area contributed by atoms with Crippen molar-refractivity contribution < 1.29 is 9.59 Å². The second-order valence-corrected chi connectivity index (χ2v) is 9.60. The quantitative estimate of drug-likeness (QED) is 0.365. The molecule has 3 rings (SSSR count). The van der Waals surface area contributed by atoms with Crippen LogP contribution in [0.2, 0.25) is 0 Å². The molecule has 0 aliphatic carbocycles. The summed E-state index contributed by atoms with van der Waals surface area (Å²) in [5.74, 6) is 0.0151. The lowest BCUT2D eigenvalue weighted by Gasteiger charge is -2.17. The number of ketones is 1. The third kappa shape index (κ3) is 5.80. The largest absolute Gasteiger partial charge is 0.345 e. The third-order valence-corrected chi connectivity index (χ3v) is 6.23. The molecule has 0 saturated heterocycles. The van der Waals surface area contributed by atoms with Gasteiger partial charge in [0.05, 0.1) is 11.8 Å². The topological polar surface area (TPSA) is 116 Å². The van der Waals surface area contributed by atoms with Gasteiger partial charge in [0.15, 0.2) is 11.4 Å². The van der Waals surface area contributed by atoms with Crippen LogP contribution in [-0.4, -0.2) is 42.6 Å². The molecule has 1 unspecified atom stereocenters. The van der Waals surface area contributed by atoms with Crippen LogP contribution < -0.4 is 16.6 Å². The van der Waals surface area contributed by atoms with Crippen LogP contribution in [0, 0.1) is 12.8 Å².